The van der Waals surface area contributed by atoms with Crippen LogP contribution in [0.25, 0.3) is 10.9 Å². The van der Waals surface area contributed by atoms with Crippen molar-refractivity contribution < 1.29 is 0 Å². The number of hydrogen-bond donors (Lipinski definition) is 0. The molecule has 3 rings (SSSR count). The van der Waals surface area contributed by atoms with Crippen molar-refractivity contribution in [2.75, 3.05) is 32.1 Å². The zero-order valence-electron chi connectivity index (χ0n) is 13.9. The van der Waals surface area contributed by atoms with Gasteiger partial charge in [-0.25, -0.2) is 9.97 Å². The molecule has 2 aromatic heterocycles. The normalized spacial score (nSPS) is 11.3. The first kappa shape index (κ1) is 15.9. The standard InChI is InChI=1S/C18H22N4S/c1-14-6-7-17-16(11-14)18(20-13-19-17)22(9-8-21(2)3)12-15-5-4-10-23-15/h4-7,10-11,13H,8-9,12H2,1-3H3. The van der Waals surface area contributed by atoms with Gasteiger partial charge in [0, 0.05) is 23.4 Å². The molecule has 0 N–H and O–H groups in total. The summed E-state index contributed by atoms with van der Waals surface area (Å²) in [7, 11) is 4.21. The van der Waals surface area contributed by atoms with E-state index in [2.05, 4.69) is 76.5 Å². The van der Waals surface area contributed by atoms with Gasteiger partial charge in [-0.1, -0.05) is 17.7 Å². The molecule has 4 nitrogen and oxygen atoms in total. The molecule has 0 aliphatic rings. The molecule has 0 aliphatic heterocycles. The predicted molar refractivity (Wildman–Crippen MR) is 98.2 cm³/mol. The number of nitrogens with zero attached hydrogens (tertiary/aromatic N) is 4. The fourth-order valence-corrected chi connectivity index (χ4v) is 3.30. The monoisotopic (exact) mass is 326 g/mol. The molecule has 23 heavy (non-hydrogen) atoms. The molecular formula is C18H22N4S. The Morgan fingerprint density at radius 3 is 2.70 bits per heavy atom. The van der Waals surface area contributed by atoms with Crippen molar-refractivity contribution >= 4 is 28.1 Å². The second kappa shape index (κ2) is 7.06. The Kier molecular flexibility index (Phi) is 4.88. The van der Waals surface area contributed by atoms with E-state index in [-0.39, 0.29) is 0 Å². The lowest BCUT2D eigenvalue weighted by Crippen LogP contribution is -2.32. The Balaban J connectivity index is 1.99. The minimum absolute atomic E-state index is 0.881. The number of benzene rings is 1. The Hall–Kier alpha value is -1.98. The van der Waals surface area contributed by atoms with Crippen LogP contribution >= 0.6 is 11.3 Å². The maximum Gasteiger partial charge on any atom is 0.140 e. The Bertz CT molecular complexity index is 768. The third-order valence-electron chi connectivity index (χ3n) is 3.81. The smallest absolute Gasteiger partial charge is 0.140 e. The lowest BCUT2D eigenvalue weighted by Gasteiger charge is -2.26. The van der Waals surface area contributed by atoms with Crippen molar-refractivity contribution in [1.29, 1.82) is 0 Å². The summed E-state index contributed by atoms with van der Waals surface area (Å²) in [6.45, 7) is 4.92. The van der Waals surface area contributed by atoms with Gasteiger partial charge in [-0.2, -0.15) is 0 Å². The van der Waals surface area contributed by atoms with E-state index in [1.807, 2.05) is 0 Å². The molecule has 120 valence electrons. The van der Waals surface area contributed by atoms with Crippen molar-refractivity contribution in [3.05, 3.63) is 52.5 Å². The van der Waals surface area contributed by atoms with E-state index in [1.165, 1.54) is 10.4 Å². The number of anilines is 1. The number of thiophene rings is 1. The van der Waals surface area contributed by atoms with Gasteiger partial charge in [0.25, 0.3) is 0 Å². The van der Waals surface area contributed by atoms with E-state index >= 15 is 0 Å². The number of rotatable bonds is 6. The lowest BCUT2D eigenvalue weighted by atomic mass is 10.1. The van der Waals surface area contributed by atoms with Gasteiger partial charge < -0.3 is 9.80 Å². The third kappa shape index (κ3) is 3.86. The molecule has 0 atom stereocenters. The van der Waals surface area contributed by atoms with Crippen molar-refractivity contribution in [3.8, 4) is 0 Å². The molecule has 0 saturated heterocycles. The summed E-state index contributed by atoms with van der Waals surface area (Å²) in [5.41, 5.74) is 2.24. The van der Waals surface area contributed by atoms with Crippen molar-refractivity contribution in [2.24, 2.45) is 0 Å². The van der Waals surface area contributed by atoms with E-state index < -0.39 is 0 Å². The van der Waals surface area contributed by atoms with Gasteiger partial charge in [0.2, 0.25) is 0 Å². The molecule has 5 heteroatoms. The van der Waals surface area contributed by atoms with Gasteiger partial charge in [0.15, 0.2) is 0 Å². The minimum Gasteiger partial charge on any atom is -0.350 e. The molecule has 0 aliphatic carbocycles. The van der Waals surface area contributed by atoms with E-state index in [0.29, 0.717) is 0 Å². The summed E-state index contributed by atoms with van der Waals surface area (Å²) in [5.74, 6) is 1.02. The fourth-order valence-electron chi connectivity index (χ4n) is 2.58. The van der Waals surface area contributed by atoms with Crippen LogP contribution in [0, 0.1) is 6.92 Å². The lowest BCUT2D eigenvalue weighted by molar-refractivity contribution is 0.412. The van der Waals surface area contributed by atoms with Crippen LogP contribution in [-0.2, 0) is 6.54 Å². The molecule has 0 amide bonds. The molecule has 2 heterocycles. The van der Waals surface area contributed by atoms with Crippen molar-refractivity contribution in [1.82, 2.24) is 14.9 Å². The highest BCUT2D eigenvalue weighted by Gasteiger charge is 2.14. The zero-order chi connectivity index (χ0) is 16.2. The first-order chi connectivity index (χ1) is 11.1. The predicted octanol–water partition coefficient (Wildman–Crippen LogP) is 3.57. The second-order valence-corrected chi connectivity index (χ2v) is 7.05. The first-order valence-corrected chi connectivity index (χ1v) is 8.65. The summed E-state index contributed by atoms with van der Waals surface area (Å²) in [6.07, 6.45) is 1.67. The molecule has 0 fully saturated rings. The Morgan fingerprint density at radius 1 is 1.09 bits per heavy atom. The largest absolute Gasteiger partial charge is 0.350 e. The van der Waals surface area contributed by atoms with Crippen molar-refractivity contribution in [2.45, 2.75) is 13.5 Å². The van der Waals surface area contributed by atoms with Gasteiger partial charge in [0.05, 0.1) is 12.1 Å². The second-order valence-electron chi connectivity index (χ2n) is 6.02. The molecule has 0 unspecified atom stereocenters. The van der Waals surface area contributed by atoms with E-state index in [0.717, 1.165) is 36.4 Å². The molecule has 3 aromatic rings. The average Bonchev–Trinajstić information content (AvgIpc) is 3.04. The maximum atomic E-state index is 4.61. The molecule has 0 bridgehead atoms. The molecule has 1 aromatic carbocycles. The van der Waals surface area contributed by atoms with Gasteiger partial charge in [-0.3, -0.25) is 0 Å². The highest BCUT2D eigenvalue weighted by atomic mass is 32.1. The van der Waals surface area contributed by atoms with E-state index in [4.69, 9.17) is 0 Å². The number of hydrogen-bond acceptors (Lipinski definition) is 5. The molecule has 0 spiro atoms. The number of likely N-dealkylation sites (N-methyl/N-ethyl adjacent to an activating group) is 1. The Labute approximate surface area is 141 Å². The summed E-state index contributed by atoms with van der Waals surface area (Å²) in [6, 6.07) is 10.6. The number of aryl methyl sites for hydroxylation is 1. The van der Waals surface area contributed by atoms with Crippen LogP contribution < -0.4 is 4.90 Å². The fraction of sp³-hybridized carbons (Fsp3) is 0.333. The SMILES string of the molecule is Cc1ccc2ncnc(N(CCN(C)C)Cc3cccs3)c2c1. The van der Waals surface area contributed by atoms with Gasteiger partial charge in [-0.15, -0.1) is 11.3 Å². The van der Waals surface area contributed by atoms with Gasteiger partial charge in [-0.05, 0) is 44.6 Å². The van der Waals surface area contributed by atoms with Crippen molar-refractivity contribution in [3.63, 3.8) is 0 Å². The first-order valence-electron chi connectivity index (χ1n) is 7.77. The Morgan fingerprint density at radius 2 is 1.96 bits per heavy atom. The molecule has 0 saturated carbocycles. The number of fused-ring (bicyclic) bond motifs is 1. The maximum absolute atomic E-state index is 4.61. The minimum atomic E-state index is 0.881. The third-order valence-corrected chi connectivity index (χ3v) is 4.67. The van der Waals surface area contributed by atoms with Crippen LogP contribution in [0.3, 0.4) is 0 Å². The molecule has 0 radical (unpaired) electrons. The van der Waals surface area contributed by atoms with Crippen LogP contribution in [0.15, 0.2) is 42.0 Å². The number of aromatic nitrogens is 2. The van der Waals surface area contributed by atoms with Gasteiger partial charge >= 0.3 is 0 Å². The molecular weight excluding hydrogens is 304 g/mol. The van der Waals surface area contributed by atoms with Gasteiger partial charge in [0.1, 0.15) is 12.1 Å². The average molecular weight is 326 g/mol. The summed E-state index contributed by atoms with van der Waals surface area (Å²) < 4.78 is 0. The zero-order valence-corrected chi connectivity index (χ0v) is 14.7. The summed E-state index contributed by atoms with van der Waals surface area (Å²) in [5, 5.41) is 3.25. The highest BCUT2D eigenvalue weighted by molar-refractivity contribution is 7.09. The van der Waals surface area contributed by atoms with E-state index in [1.54, 1.807) is 17.7 Å². The van der Waals surface area contributed by atoms with Crippen LogP contribution in [0.5, 0.6) is 0 Å². The van der Waals surface area contributed by atoms with Crippen LogP contribution in [0.1, 0.15) is 10.4 Å². The topological polar surface area (TPSA) is 32.3 Å². The summed E-state index contributed by atoms with van der Waals surface area (Å²) in [4.78, 5) is 14.9. The van der Waals surface area contributed by atoms with E-state index in [9.17, 15) is 0 Å². The summed E-state index contributed by atoms with van der Waals surface area (Å²) >= 11 is 1.79. The van der Waals surface area contributed by atoms with Crippen LogP contribution in [0.2, 0.25) is 0 Å². The quantitative estimate of drug-likeness (QED) is 0.693. The van der Waals surface area contributed by atoms with Crippen LogP contribution in [0.4, 0.5) is 5.82 Å². The highest BCUT2D eigenvalue weighted by Crippen LogP contribution is 2.26. The van der Waals surface area contributed by atoms with Crippen LogP contribution in [-0.4, -0.2) is 42.1 Å².